The van der Waals surface area contributed by atoms with E-state index < -0.39 is 11.2 Å². The molecule has 2 aliphatic heterocycles. The Labute approximate surface area is 321 Å². The van der Waals surface area contributed by atoms with Crippen LogP contribution in [0.25, 0.3) is 43.5 Å². The van der Waals surface area contributed by atoms with E-state index in [0.29, 0.717) is 0 Å². The van der Waals surface area contributed by atoms with Gasteiger partial charge in [0.15, 0.2) is 11.2 Å². The topological polar surface area (TPSA) is 36.9 Å². The summed E-state index contributed by atoms with van der Waals surface area (Å²) >= 11 is 3.45. The lowest BCUT2D eigenvalue weighted by Crippen LogP contribution is -2.41. The zero-order chi connectivity index (χ0) is 36.3. The predicted molar refractivity (Wildman–Crippen MR) is 222 cm³/mol. The van der Waals surface area contributed by atoms with E-state index in [4.69, 9.17) is 18.9 Å². The third-order valence-electron chi connectivity index (χ3n) is 10.7. The molecule has 0 radical (unpaired) electrons. The van der Waals surface area contributed by atoms with Crippen molar-refractivity contribution in [1.29, 1.82) is 0 Å². The molecule has 2 atom stereocenters. The van der Waals surface area contributed by atoms with Gasteiger partial charge >= 0.3 is 0 Å². The van der Waals surface area contributed by atoms with Crippen molar-refractivity contribution in [3.8, 4) is 32.8 Å². The zero-order valence-electron chi connectivity index (χ0n) is 29.6. The number of benzene rings is 6. The van der Waals surface area contributed by atoms with E-state index in [1.165, 1.54) is 10.8 Å². The van der Waals surface area contributed by atoms with Crippen molar-refractivity contribution in [2.75, 3.05) is 14.2 Å². The Bertz CT molecular complexity index is 2740. The molecule has 2 aromatic heterocycles. The molecule has 6 heteroatoms. The molecule has 4 nitrogen and oxygen atoms in total. The maximum Gasteiger partial charge on any atom is 0.179 e. The van der Waals surface area contributed by atoms with E-state index in [1.54, 1.807) is 36.9 Å². The molecule has 2 aliphatic rings. The quantitative estimate of drug-likeness (QED) is 0.163. The molecule has 0 spiro atoms. The molecule has 2 unspecified atom stereocenters. The van der Waals surface area contributed by atoms with Crippen LogP contribution >= 0.6 is 22.7 Å². The Hall–Kier alpha value is -6.08. The highest BCUT2D eigenvalue weighted by Gasteiger charge is 2.49. The molecule has 0 N–H and O–H groups in total. The highest BCUT2D eigenvalue weighted by atomic mass is 32.1. The van der Waals surface area contributed by atoms with Gasteiger partial charge < -0.3 is 18.9 Å². The van der Waals surface area contributed by atoms with Gasteiger partial charge in [-0.1, -0.05) is 91.0 Å². The summed E-state index contributed by atoms with van der Waals surface area (Å²) in [5.41, 5.74) is 4.04. The first kappa shape index (κ1) is 32.6. The summed E-state index contributed by atoms with van der Waals surface area (Å²) < 4.78 is 26.3. The molecule has 4 heterocycles. The van der Waals surface area contributed by atoms with Crippen LogP contribution in [0.2, 0.25) is 0 Å². The van der Waals surface area contributed by atoms with Crippen LogP contribution in [0.5, 0.6) is 23.0 Å². The summed E-state index contributed by atoms with van der Waals surface area (Å²) in [6, 6.07) is 46.2. The lowest BCUT2D eigenvalue weighted by molar-refractivity contribution is 0.137. The van der Waals surface area contributed by atoms with Crippen LogP contribution in [0, 0.1) is 0 Å². The summed E-state index contributed by atoms with van der Waals surface area (Å²) in [6.45, 7) is 0. The van der Waals surface area contributed by atoms with Gasteiger partial charge in [-0.15, -0.1) is 22.7 Å². The van der Waals surface area contributed by atoms with Crippen molar-refractivity contribution in [1.82, 2.24) is 0 Å². The van der Waals surface area contributed by atoms with E-state index in [2.05, 4.69) is 144 Å². The minimum Gasteiger partial charge on any atom is -0.497 e. The molecule has 0 aliphatic carbocycles. The molecule has 0 saturated carbocycles. The normalized spacial score (nSPS) is 18.5. The third-order valence-corrected chi connectivity index (χ3v) is 12.7. The fraction of sp³-hybridized carbons (Fsp3) is 0.0833. The van der Waals surface area contributed by atoms with Crippen molar-refractivity contribution < 1.29 is 18.9 Å². The van der Waals surface area contributed by atoms with Crippen LogP contribution in [0.15, 0.2) is 156 Å². The third kappa shape index (κ3) is 5.02. The number of thiophene rings is 2. The number of rotatable bonds is 7. The summed E-state index contributed by atoms with van der Waals surface area (Å²) in [5, 5.41) is 9.04. The molecule has 262 valence electrons. The first-order valence-corrected chi connectivity index (χ1v) is 19.6. The van der Waals surface area contributed by atoms with Crippen molar-refractivity contribution in [2.45, 2.75) is 11.2 Å². The van der Waals surface area contributed by atoms with Crippen LogP contribution in [0.1, 0.15) is 33.4 Å². The van der Waals surface area contributed by atoms with Crippen molar-refractivity contribution >= 4 is 56.4 Å². The maximum atomic E-state index is 7.53. The van der Waals surface area contributed by atoms with Crippen LogP contribution in [-0.2, 0) is 11.2 Å². The van der Waals surface area contributed by atoms with Crippen molar-refractivity contribution in [2.24, 2.45) is 0 Å². The lowest BCUT2D eigenvalue weighted by atomic mass is 9.75. The second kappa shape index (κ2) is 12.8. The number of hydrogen-bond acceptors (Lipinski definition) is 6. The van der Waals surface area contributed by atoms with Crippen LogP contribution in [0.3, 0.4) is 0 Å². The van der Waals surface area contributed by atoms with E-state index in [0.717, 1.165) is 76.9 Å². The van der Waals surface area contributed by atoms with Gasteiger partial charge in [0.25, 0.3) is 0 Å². The monoisotopic (exact) mass is 738 g/mol. The number of fused-ring (bicyclic) bond motifs is 6. The second-order valence-electron chi connectivity index (χ2n) is 13.5. The Kier molecular flexibility index (Phi) is 7.72. The van der Waals surface area contributed by atoms with Gasteiger partial charge in [0.05, 0.1) is 19.1 Å². The lowest BCUT2D eigenvalue weighted by Gasteiger charge is -2.41. The fourth-order valence-electron chi connectivity index (χ4n) is 8.04. The first-order chi connectivity index (χ1) is 26.6. The van der Waals surface area contributed by atoms with E-state index in [-0.39, 0.29) is 0 Å². The van der Waals surface area contributed by atoms with Gasteiger partial charge in [0.1, 0.15) is 23.0 Å². The first-order valence-electron chi connectivity index (χ1n) is 17.9. The summed E-state index contributed by atoms with van der Waals surface area (Å²) in [7, 11) is 3.39. The molecule has 8 aromatic rings. The Morgan fingerprint density at radius 2 is 1.06 bits per heavy atom. The Morgan fingerprint density at radius 1 is 0.519 bits per heavy atom. The average Bonchev–Trinajstić information content (AvgIpc) is 3.95. The van der Waals surface area contributed by atoms with E-state index >= 15 is 0 Å². The number of hydrogen-bond donors (Lipinski definition) is 0. The van der Waals surface area contributed by atoms with Gasteiger partial charge in [-0.3, -0.25) is 0 Å². The van der Waals surface area contributed by atoms with Crippen LogP contribution in [-0.4, -0.2) is 14.2 Å². The summed E-state index contributed by atoms with van der Waals surface area (Å²) in [4.78, 5) is 2.28. The molecule has 0 saturated heterocycles. The fourth-order valence-corrected chi connectivity index (χ4v) is 10.1. The molecule has 0 fully saturated rings. The summed E-state index contributed by atoms with van der Waals surface area (Å²) in [5.74, 6) is 3.19. The largest absolute Gasteiger partial charge is 0.497 e. The molecular weight excluding hydrogens is 705 g/mol. The van der Waals surface area contributed by atoms with Gasteiger partial charge in [0.2, 0.25) is 0 Å². The minimum absolute atomic E-state index is 0.779. The average molecular weight is 739 g/mol. The Balaban J connectivity index is 1.28. The minimum atomic E-state index is -1.04. The number of ether oxygens (including phenoxy) is 4. The van der Waals surface area contributed by atoms with Crippen LogP contribution < -0.4 is 18.9 Å². The molecular formula is C48H34O4S2. The van der Waals surface area contributed by atoms with Gasteiger partial charge in [0, 0.05) is 38.3 Å². The molecule has 10 rings (SSSR count). The smallest absolute Gasteiger partial charge is 0.179 e. The van der Waals surface area contributed by atoms with Crippen molar-refractivity contribution in [3.05, 3.63) is 190 Å². The highest BCUT2D eigenvalue weighted by Crippen LogP contribution is 2.56. The number of methoxy groups -OCH3 is 2. The Morgan fingerprint density at radius 3 is 1.61 bits per heavy atom. The van der Waals surface area contributed by atoms with E-state index in [9.17, 15) is 0 Å². The van der Waals surface area contributed by atoms with Gasteiger partial charge in [-0.25, -0.2) is 0 Å². The van der Waals surface area contributed by atoms with Gasteiger partial charge in [-0.2, -0.15) is 0 Å². The van der Waals surface area contributed by atoms with Crippen molar-refractivity contribution in [3.63, 3.8) is 0 Å². The molecule has 6 aromatic carbocycles. The zero-order valence-corrected chi connectivity index (χ0v) is 31.2. The molecule has 54 heavy (non-hydrogen) atoms. The predicted octanol–water partition coefficient (Wildman–Crippen LogP) is 12.5. The molecule has 0 amide bonds. The molecule has 0 bridgehead atoms. The van der Waals surface area contributed by atoms with Gasteiger partial charge in [-0.05, 0) is 99.1 Å². The highest BCUT2D eigenvalue weighted by molar-refractivity contribution is 7.20. The van der Waals surface area contributed by atoms with Crippen LogP contribution in [0.4, 0.5) is 0 Å². The second-order valence-corrected chi connectivity index (χ2v) is 15.4. The SMILES string of the molecule is COc1ccc(C2(c3csc(-c4cccs4)c3C3(c4ccc(OC)cc4)C=Cc4c(ccc5ccccc45)O3)C=Cc3c(ccc4ccccc34)O2)cc1. The summed E-state index contributed by atoms with van der Waals surface area (Å²) in [6.07, 6.45) is 8.94. The maximum absolute atomic E-state index is 7.53. The van der Waals surface area contributed by atoms with E-state index in [1.807, 2.05) is 24.3 Å². The standard InChI is InChI=1S/C48H34O4S2/c1-49-35-19-15-33(16-20-35)47(27-25-39-37-10-5-3-8-31(37)13-23-42(39)51-47)41-30-54-46(44-12-7-29-53-44)45(41)48(34-17-21-36(50-2)22-18-34)28-26-40-38-11-6-4-9-32(38)14-24-43(40)52-48/h3-30H,1-2H3.